The van der Waals surface area contributed by atoms with Crippen LogP contribution in [0.2, 0.25) is 5.02 Å². The topological polar surface area (TPSA) is 72.6 Å². The zero-order chi connectivity index (χ0) is 14.8. The third kappa shape index (κ3) is 3.19. The predicted molar refractivity (Wildman–Crippen MR) is 76.7 cm³/mol. The van der Waals surface area contributed by atoms with E-state index in [2.05, 4.69) is 5.16 Å². The summed E-state index contributed by atoms with van der Waals surface area (Å²) in [5, 5.41) is 12.9. The Morgan fingerprint density at radius 3 is 2.81 bits per heavy atom. The molecule has 0 spiro atoms. The van der Waals surface area contributed by atoms with E-state index in [9.17, 15) is 4.79 Å². The molecule has 5 nitrogen and oxygen atoms in total. The monoisotopic (exact) mass is 307 g/mol. The van der Waals surface area contributed by atoms with Crippen molar-refractivity contribution in [2.24, 2.45) is 5.92 Å². The molecule has 1 fully saturated rings. The van der Waals surface area contributed by atoms with Gasteiger partial charge in [0.2, 0.25) is 0 Å². The number of rotatable bonds is 5. The van der Waals surface area contributed by atoms with E-state index in [4.69, 9.17) is 26.0 Å². The summed E-state index contributed by atoms with van der Waals surface area (Å²) < 4.78 is 10.8. The van der Waals surface area contributed by atoms with Crippen molar-refractivity contribution in [2.75, 3.05) is 6.61 Å². The van der Waals surface area contributed by atoms with Gasteiger partial charge in [0.25, 0.3) is 0 Å². The standard InChI is InChI=1S/C15H14ClNO4/c16-11-4-10(14-7-13(15(18)19)17-21-14)5-12(6-11)20-8-9-2-1-3-9/h4-7,9H,1-3,8H2,(H,18,19). The molecular formula is C15H14ClNO4. The molecule has 110 valence electrons. The first kappa shape index (κ1) is 13.9. The highest BCUT2D eigenvalue weighted by Gasteiger charge is 2.18. The van der Waals surface area contributed by atoms with E-state index in [1.54, 1.807) is 18.2 Å². The summed E-state index contributed by atoms with van der Waals surface area (Å²) in [6.45, 7) is 0.677. The van der Waals surface area contributed by atoms with E-state index in [-0.39, 0.29) is 5.69 Å². The Hall–Kier alpha value is -2.01. The molecule has 1 aromatic heterocycles. The Morgan fingerprint density at radius 2 is 2.19 bits per heavy atom. The van der Waals surface area contributed by atoms with Crippen LogP contribution in [0.4, 0.5) is 0 Å². The van der Waals surface area contributed by atoms with Gasteiger partial charge in [-0.1, -0.05) is 23.2 Å². The van der Waals surface area contributed by atoms with E-state index in [0.29, 0.717) is 34.6 Å². The third-order valence-electron chi connectivity index (χ3n) is 3.60. The SMILES string of the molecule is O=C(O)c1cc(-c2cc(Cl)cc(OCC3CCC3)c2)on1. The number of benzene rings is 1. The fraction of sp³-hybridized carbons (Fsp3) is 0.333. The zero-order valence-electron chi connectivity index (χ0n) is 11.2. The number of ether oxygens (including phenoxy) is 1. The number of hydrogen-bond acceptors (Lipinski definition) is 4. The summed E-state index contributed by atoms with van der Waals surface area (Å²) in [7, 11) is 0. The van der Waals surface area contributed by atoms with Gasteiger partial charge in [-0.05, 0) is 37.0 Å². The lowest BCUT2D eigenvalue weighted by Crippen LogP contribution is -2.19. The Kier molecular flexibility index (Phi) is 3.84. The summed E-state index contributed by atoms with van der Waals surface area (Å²) in [5.74, 6) is 0.492. The van der Waals surface area contributed by atoms with Crippen LogP contribution in [0.25, 0.3) is 11.3 Å². The van der Waals surface area contributed by atoms with Crippen LogP contribution in [0.5, 0.6) is 5.75 Å². The Bertz CT molecular complexity index is 663. The van der Waals surface area contributed by atoms with Crippen molar-refractivity contribution in [3.63, 3.8) is 0 Å². The predicted octanol–water partition coefficient (Wildman–Crippen LogP) is 3.87. The van der Waals surface area contributed by atoms with Crippen LogP contribution in [0.15, 0.2) is 28.8 Å². The minimum atomic E-state index is -1.13. The Morgan fingerprint density at radius 1 is 1.38 bits per heavy atom. The van der Waals surface area contributed by atoms with Gasteiger partial charge >= 0.3 is 5.97 Å². The van der Waals surface area contributed by atoms with Gasteiger partial charge in [-0.15, -0.1) is 0 Å². The minimum absolute atomic E-state index is 0.137. The van der Waals surface area contributed by atoms with E-state index < -0.39 is 5.97 Å². The molecule has 0 unspecified atom stereocenters. The summed E-state index contributed by atoms with van der Waals surface area (Å²) in [4.78, 5) is 10.8. The van der Waals surface area contributed by atoms with Gasteiger partial charge < -0.3 is 14.4 Å². The quantitative estimate of drug-likeness (QED) is 0.907. The number of carbonyl (C=O) groups is 1. The van der Waals surface area contributed by atoms with Crippen LogP contribution in [0.1, 0.15) is 29.8 Å². The van der Waals surface area contributed by atoms with Crippen LogP contribution < -0.4 is 4.74 Å². The van der Waals surface area contributed by atoms with E-state index in [0.717, 1.165) is 0 Å². The van der Waals surface area contributed by atoms with Gasteiger partial charge in [-0.3, -0.25) is 0 Å². The summed E-state index contributed by atoms with van der Waals surface area (Å²) >= 11 is 6.07. The minimum Gasteiger partial charge on any atom is -0.493 e. The normalized spacial score (nSPS) is 14.7. The van der Waals surface area contributed by atoms with E-state index in [1.165, 1.54) is 25.3 Å². The first-order valence-corrected chi connectivity index (χ1v) is 7.13. The lowest BCUT2D eigenvalue weighted by atomic mass is 9.86. The number of carboxylic acid groups (broad SMARTS) is 1. The summed E-state index contributed by atoms with van der Waals surface area (Å²) in [6.07, 6.45) is 3.68. The second kappa shape index (κ2) is 5.77. The third-order valence-corrected chi connectivity index (χ3v) is 3.81. The molecule has 6 heteroatoms. The molecule has 0 amide bonds. The lowest BCUT2D eigenvalue weighted by molar-refractivity contribution is 0.0686. The molecule has 0 saturated heterocycles. The molecule has 1 N–H and O–H groups in total. The molecule has 21 heavy (non-hydrogen) atoms. The van der Waals surface area contributed by atoms with Crippen LogP contribution in [0, 0.1) is 5.92 Å². The van der Waals surface area contributed by atoms with Crippen LogP contribution >= 0.6 is 11.6 Å². The first-order valence-electron chi connectivity index (χ1n) is 6.75. The molecule has 0 atom stereocenters. The molecule has 3 rings (SSSR count). The van der Waals surface area contributed by atoms with Gasteiger partial charge in [0.1, 0.15) is 5.75 Å². The smallest absolute Gasteiger partial charge is 0.358 e. The van der Waals surface area contributed by atoms with Crippen molar-refractivity contribution >= 4 is 17.6 Å². The van der Waals surface area contributed by atoms with Gasteiger partial charge in [-0.2, -0.15) is 0 Å². The number of aromatic carboxylic acids is 1. The molecule has 1 aliphatic rings. The summed E-state index contributed by atoms with van der Waals surface area (Å²) in [6, 6.07) is 6.56. The van der Waals surface area contributed by atoms with E-state index >= 15 is 0 Å². The van der Waals surface area contributed by atoms with Crippen LogP contribution in [-0.4, -0.2) is 22.8 Å². The van der Waals surface area contributed by atoms with Gasteiger partial charge in [0.05, 0.1) is 6.61 Å². The maximum absolute atomic E-state index is 10.8. The maximum Gasteiger partial charge on any atom is 0.358 e. The lowest BCUT2D eigenvalue weighted by Gasteiger charge is -2.25. The number of hydrogen-bond donors (Lipinski definition) is 1. The molecule has 1 saturated carbocycles. The largest absolute Gasteiger partial charge is 0.493 e. The highest BCUT2D eigenvalue weighted by Crippen LogP contribution is 2.31. The first-order chi connectivity index (χ1) is 10.1. The van der Waals surface area contributed by atoms with Crippen molar-refractivity contribution in [3.8, 4) is 17.1 Å². The molecule has 2 aromatic rings. The van der Waals surface area contributed by atoms with Crippen LogP contribution in [-0.2, 0) is 0 Å². The second-order valence-corrected chi connectivity index (χ2v) is 5.60. The maximum atomic E-state index is 10.8. The number of halogens is 1. The second-order valence-electron chi connectivity index (χ2n) is 5.17. The molecule has 0 bridgehead atoms. The highest BCUT2D eigenvalue weighted by atomic mass is 35.5. The van der Waals surface area contributed by atoms with Crippen molar-refractivity contribution in [1.29, 1.82) is 0 Å². The van der Waals surface area contributed by atoms with Crippen molar-refractivity contribution < 1.29 is 19.2 Å². The zero-order valence-corrected chi connectivity index (χ0v) is 12.0. The average molecular weight is 308 g/mol. The van der Waals surface area contributed by atoms with Gasteiger partial charge in [0, 0.05) is 16.7 Å². The van der Waals surface area contributed by atoms with Crippen molar-refractivity contribution in [2.45, 2.75) is 19.3 Å². The fourth-order valence-electron chi connectivity index (χ4n) is 2.17. The van der Waals surface area contributed by atoms with Gasteiger partial charge in [-0.25, -0.2) is 4.79 Å². The molecule has 1 aromatic carbocycles. The van der Waals surface area contributed by atoms with Crippen LogP contribution in [0.3, 0.4) is 0 Å². The number of aromatic nitrogens is 1. The van der Waals surface area contributed by atoms with Crippen molar-refractivity contribution in [3.05, 3.63) is 35.0 Å². The summed E-state index contributed by atoms with van der Waals surface area (Å²) in [5.41, 5.74) is 0.507. The van der Waals surface area contributed by atoms with Gasteiger partial charge in [0.15, 0.2) is 11.5 Å². The fourth-order valence-corrected chi connectivity index (χ4v) is 2.40. The molecule has 1 heterocycles. The average Bonchev–Trinajstić information content (AvgIpc) is 2.86. The number of carboxylic acids is 1. The number of nitrogens with zero attached hydrogens (tertiary/aromatic N) is 1. The van der Waals surface area contributed by atoms with E-state index in [1.807, 2.05) is 0 Å². The molecule has 1 aliphatic carbocycles. The Balaban J connectivity index is 1.80. The van der Waals surface area contributed by atoms with Crippen molar-refractivity contribution in [1.82, 2.24) is 5.16 Å². The Labute approximate surface area is 126 Å². The highest BCUT2D eigenvalue weighted by molar-refractivity contribution is 6.31. The molecular weight excluding hydrogens is 294 g/mol. The molecule has 0 radical (unpaired) electrons. The molecule has 0 aliphatic heterocycles.